The van der Waals surface area contributed by atoms with Crippen LogP contribution in [-0.4, -0.2) is 23.0 Å². The number of rotatable bonds is 8. The Labute approximate surface area is 355 Å². The third-order valence-electron chi connectivity index (χ3n) is 7.89. The number of nitrogens with zero attached hydrogens (tertiary/aromatic N) is 4. The number of amides is 1. The number of fused-ring (bicyclic) bond motifs is 1. The van der Waals surface area contributed by atoms with E-state index < -0.39 is 17.8 Å². The molecule has 0 heterocycles. The summed E-state index contributed by atoms with van der Waals surface area (Å²) in [6.45, 7) is 1.94. The number of carboxylic acids is 2. The lowest BCUT2D eigenvalue weighted by atomic mass is 10.0. The van der Waals surface area contributed by atoms with E-state index in [0.717, 1.165) is 24.6 Å². The molecule has 1 amide bonds. The van der Waals surface area contributed by atoms with Crippen molar-refractivity contribution in [1.29, 1.82) is 0 Å². The van der Waals surface area contributed by atoms with Gasteiger partial charge in [-0.3, -0.25) is 4.79 Å². The number of phenols is 1. The number of benzene rings is 7. The van der Waals surface area contributed by atoms with Crippen LogP contribution in [0.2, 0.25) is 0 Å². The number of carbonyl (C=O) groups excluding carboxylic acids is 3. The molecule has 0 aliphatic rings. The zero-order valence-corrected chi connectivity index (χ0v) is 33.5. The highest BCUT2D eigenvalue weighted by atomic mass is 16.4. The molecule has 0 aromatic heterocycles. The molecule has 314 valence electrons. The first-order chi connectivity index (χ1) is 29.7. The molecule has 12 N–H and O–H groups in total. The molecule has 7 rings (SSSR count). The lowest BCUT2D eigenvalue weighted by Crippen LogP contribution is -2.57. The Kier molecular flexibility index (Phi) is 16.8. The molecule has 0 saturated heterocycles. The van der Waals surface area contributed by atoms with Crippen LogP contribution >= 0.6 is 0 Å². The molecule has 0 aliphatic heterocycles. The number of hydrogen-bond acceptors (Lipinski definition) is 14. The predicted molar refractivity (Wildman–Crippen MR) is 234 cm³/mol. The summed E-state index contributed by atoms with van der Waals surface area (Å²) in [7, 11) is 0. The zero-order valence-electron chi connectivity index (χ0n) is 33.5. The normalized spacial score (nSPS) is 10.5. The average molecular weight is 834 g/mol. The summed E-state index contributed by atoms with van der Waals surface area (Å²) in [4.78, 5) is 30.5. The van der Waals surface area contributed by atoms with Crippen molar-refractivity contribution in [2.75, 3.05) is 28.3 Å². The Morgan fingerprint density at radius 3 is 1.55 bits per heavy atom. The van der Waals surface area contributed by atoms with E-state index in [2.05, 4.69) is 36.0 Å². The van der Waals surface area contributed by atoms with Gasteiger partial charge in [0.2, 0.25) is 0 Å². The summed E-state index contributed by atoms with van der Waals surface area (Å²) in [6.07, 6.45) is 0. The van der Waals surface area contributed by atoms with Gasteiger partial charge in [0, 0.05) is 52.6 Å². The van der Waals surface area contributed by atoms with E-state index in [1.165, 1.54) is 0 Å². The van der Waals surface area contributed by atoms with Crippen molar-refractivity contribution in [3.8, 4) is 5.75 Å². The van der Waals surface area contributed by atoms with Crippen LogP contribution < -0.4 is 48.7 Å². The fourth-order valence-electron chi connectivity index (χ4n) is 5.16. The molecule has 0 radical (unpaired) electrons. The molecule has 0 unspecified atom stereocenters. The summed E-state index contributed by atoms with van der Waals surface area (Å²) >= 11 is 0. The van der Waals surface area contributed by atoms with Gasteiger partial charge in [-0.05, 0) is 96.2 Å². The van der Waals surface area contributed by atoms with E-state index >= 15 is 0 Å². The molecule has 7 aromatic rings. The van der Waals surface area contributed by atoms with Crippen LogP contribution in [0.1, 0.15) is 24.2 Å². The van der Waals surface area contributed by atoms with Crippen molar-refractivity contribution in [3.05, 3.63) is 157 Å². The largest absolute Gasteiger partial charge is 0.550 e. The molecule has 0 bridgehead atoms. The minimum atomic E-state index is -1.08. The van der Waals surface area contributed by atoms with E-state index in [-0.39, 0.29) is 17.0 Å². The average Bonchev–Trinajstić information content (AvgIpc) is 3.23. The second-order valence-corrected chi connectivity index (χ2v) is 12.8. The number of nitrogens with two attached hydrogens (primary N) is 4. The molecular formula is C45H43N11O6. The van der Waals surface area contributed by atoms with Gasteiger partial charge in [0.25, 0.3) is 17.3 Å². The number of carbonyl (C=O) groups is 3. The van der Waals surface area contributed by atoms with Crippen LogP contribution in [0.15, 0.2) is 172 Å². The number of azo groups is 3. The fraction of sp³-hybridized carbons (Fsp3) is 0.0444. The first kappa shape index (κ1) is 45.7. The van der Waals surface area contributed by atoms with Gasteiger partial charge in [-0.15, -0.1) is 5.11 Å². The number of nitrogens with one attached hydrogen (secondary N) is 3. The number of anilines is 5. The molecule has 62 heavy (non-hydrogen) atoms. The number of hydrogen-bond donors (Lipinski definition) is 8. The topological polar surface area (TPSA) is 311 Å². The van der Waals surface area contributed by atoms with E-state index in [1.54, 1.807) is 60.7 Å². The molecule has 17 heteroatoms. The van der Waals surface area contributed by atoms with Crippen molar-refractivity contribution in [2.45, 2.75) is 13.8 Å². The summed E-state index contributed by atoms with van der Waals surface area (Å²) in [6, 6.07) is 45.1. The van der Waals surface area contributed by atoms with Crippen molar-refractivity contribution < 1.29 is 39.9 Å². The van der Waals surface area contributed by atoms with E-state index in [0.29, 0.717) is 56.9 Å². The Hall–Kier alpha value is -8.99. The highest BCUT2D eigenvalue weighted by molar-refractivity contribution is 6.11. The third-order valence-corrected chi connectivity index (χ3v) is 7.89. The SMILES string of the molecule is CC(=O)[O-].CC(=O)[O-].Nc1ccc([NH+]=Nc2cccc(N=[NH+]c3ccc(N)cc3N)c2)c(N)c1.O=C(Nc1ccccc1)c1cc2ccccc2c(N=Nc2ccccc2)c1O. The van der Waals surface area contributed by atoms with Gasteiger partial charge < -0.3 is 53.2 Å². The van der Waals surface area contributed by atoms with Crippen LogP contribution in [0.25, 0.3) is 10.8 Å². The highest BCUT2D eigenvalue weighted by Crippen LogP contribution is 2.39. The summed E-state index contributed by atoms with van der Waals surface area (Å²) in [5.41, 5.74) is 29.8. The minimum absolute atomic E-state index is 0.143. The van der Waals surface area contributed by atoms with Gasteiger partial charge in [-0.1, -0.05) is 77.0 Å². The maximum atomic E-state index is 12.8. The fourth-order valence-corrected chi connectivity index (χ4v) is 5.16. The predicted octanol–water partition coefficient (Wildman–Crippen LogP) is 4.73. The van der Waals surface area contributed by atoms with Gasteiger partial charge in [-0.2, -0.15) is 5.11 Å². The number of phenolic OH excluding ortho intramolecular Hbond substituents is 1. The summed E-state index contributed by atoms with van der Waals surface area (Å²) < 4.78 is 0. The molecule has 0 spiro atoms. The van der Waals surface area contributed by atoms with E-state index in [4.69, 9.17) is 42.7 Å². The molecule has 0 saturated carbocycles. The summed E-state index contributed by atoms with van der Waals surface area (Å²) in [5, 5.41) is 55.8. The second-order valence-electron chi connectivity index (χ2n) is 12.8. The van der Waals surface area contributed by atoms with Gasteiger partial charge in [0.15, 0.2) is 5.75 Å². The van der Waals surface area contributed by atoms with Crippen molar-refractivity contribution in [1.82, 2.24) is 0 Å². The highest BCUT2D eigenvalue weighted by Gasteiger charge is 2.18. The molecule has 0 aliphatic carbocycles. The van der Waals surface area contributed by atoms with E-state index in [1.807, 2.05) is 91.0 Å². The number of aliphatic carboxylic acids is 2. The quantitative estimate of drug-likeness (QED) is 0.0768. The maximum absolute atomic E-state index is 12.8. The second kappa shape index (κ2) is 22.8. The number of carboxylic acid groups (broad SMARTS) is 2. The lowest BCUT2D eigenvalue weighted by molar-refractivity contribution is -0.432. The molecule has 0 fully saturated rings. The number of para-hydroxylation sites is 1. The van der Waals surface area contributed by atoms with Crippen LogP contribution in [0.3, 0.4) is 0 Å². The van der Waals surface area contributed by atoms with Crippen molar-refractivity contribution in [2.24, 2.45) is 20.5 Å². The zero-order chi connectivity index (χ0) is 45.0. The lowest BCUT2D eigenvalue weighted by Gasteiger charge is -2.11. The van der Waals surface area contributed by atoms with Gasteiger partial charge >= 0.3 is 0 Å². The molecule has 7 aromatic carbocycles. The monoisotopic (exact) mass is 833 g/mol. The van der Waals surface area contributed by atoms with Crippen molar-refractivity contribution in [3.63, 3.8) is 0 Å². The first-order valence-corrected chi connectivity index (χ1v) is 18.5. The Balaban J connectivity index is 0.000000233. The van der Waals surface area contributed by atoms with Gasteiger partial charge in [0.05, 0.1) is 11.3 Å². The Morgan fingerprint density at radius 2 is 1.03 bits per heavy atom. The van der Waals surface area contributed by atoms with Gasteiger partial charge in [0.1, 0.15) is 28.4 Å². The molecule has 0 atom stereocenters. The van der Waals surface area contributed by atoms with Crippen LogP contribution in [0.4, 0.5) is 62.6 Å². The number of nitrogen functional groups attached to an aromatic ring is 4. The van der Waals surface area contributed by atoms with Crippen LogP contribution in [0.5, 0.6) is 5.75 Å². The third kappa shape index (κ3) is 14.7. The van der Waals surface area contributed by atoms with Gasteiger partial charge in [-0.25, -0.2) is 0 Å². The van der Waals surface area contributed by atoms with Crippen LogP contribution in [0, 0.1) is 0 Å². The van der Waals surface area contributed by atoms with Crippen LogP contribution in [-0.2, 0) is 9.59 Å². The Bertz CT molecular complexity index is 2630. The van der Waals surface area contributed by atoms with Crippen molar-refractivity contribution >= 4 is 91.2 Å². The maximum Gasteiger partial charge on any atom is 0.259 e. The minimum Gasteiger partial charge on any atom is -0.550 e. The summed E-state index contributed by atoms with van der Waals surface area (Å²) in [5.74, 6) is -2.78. The Morgan fingerprint density at radius 1 is 0.565 bits per heavy atom. The van der Waals surface area contributed by atoms with E-state index in [9.17, 15) is 9.90 Å². The molecular weight excluding hydrogens is 791 g/mol. The first-order valence-electron chi connectivity index (χ1n) is 18.5. The standard InChI is InChI=1S/C23H17N3O2.C18H18N8.2C2H4O2/c27-22-20(23(28)24-17-10-3-1-4-11-17)15-16-9-7-8-14-19(16)21(22)26-25-18-12-5-2-6-13-18;19-11-4-6-17(15(21)8-11)25-23-13-2-1-3-14(10-13)24-26-18-7-5-12(20)9-16(18)22;2*1-2(3)4/h1-15,27H,(H,24,28);1-10H,19-22H2;2*1H3,(H,3,4). The molecule has 17 nitrogen and oxygen atoms in total. The smallest absolute Gasteiger partial charge is 0.259 e. The number of aromatic hydroxyl groups is 1.